The fraction of sp³-hybridized carbons (Fsp3) is 0.333. The minimum Gasteiger partial charge on any atom is -0.481 e. The number of carboxylic acids is 1. The van der Waals surface area contributed by atoms with Crippen molar-refractivity contribution >= 4 is 5.97 Å². The summed E-state index contributed by atoms with van der Waals surface area (Å²) in [4.78, 5) is 13.8. The van der Waals surface area contributed by atoms with Crippen molar-refractivity contribution in [2.24, 2.45) is 5.92 Å². The highest BCUT2D eigenvalue weighted by molar-refractivity contribution is 5.70. The number of aliphatic carboxylic acids is 1. The Morgan fingerprint density at radius 3 is 2.52 bits per heavy atom. The van der Waals surface area contributed by atoms with Gasteiger partial charge in [0, 0.05) is 36.5 Å². The predicted octanol–water partition coefficient (Wildman–Crippen LogP) is 4.53. The molecule has 3 aromatic rings. The molecular formula is C24H27N3O2. The zero-order valence-electron chi connectivity index (χ0n) is 17.0. The highest BCUT2D eigenvalue weighted by Crippen LogP contribution is 2.29. The van der Waals surface area contributed by atoms with Gasteiger partial charge in [-0.15, -0.1) is 0 Å². The predicted molar refractivity (Wildman–Crippen MR) is 114 cm³/mol. The number of likely N-dealkylation sites (tertiary alicyclic amines) is 1. The van der Waals surface area contributed by atoms with Gasteiger partial charge in [0.05, 0.1) is 17.3 Å². The zero-order valence-corrected chi connectivity index (χ0v) is 17.0. The number of rotatable bonds is 5. The number of aromatic nitrogens is 2. The summed E-state index contributed by atoms with van der Waals surface area (Å²) in [5.41, 5.74) is 5.39. The molecular weight excluding hydrogens is 362 g/mol. The summed E-state index contributed by atoms with van der Waals surface area (Å²) >= 11 is 0. The summed E-state index contributed by atoms with van der Waals surface area (Å²) in [6.45, 7) is 5.54. The highest BCUT2D eigenvalue weighted by Gasteiger charge is 2.30. The molecule has 1 aliphatic heterocycles. The summed E-state index contributed by atoms with van der Waals surface area (Å²) in [6, 6.07) is 18.9. The lowest BCUT2D eigenvalue weighted by Crippen LogP contribution is -2.43. The molecule has 1 aliphatic rings. The molecule has 0 amide bonds. The van der Waals surface area contributed by atoms with Gasteiger partial charge < -0.3 is 5.11 Å². The molecule has 0 radical (unpaired) electrons. The van der Waals surface area contributed by atoms with Gasteiger partial charge in [-0.2, -0.15) is 5.10 Å². The molecule has 1 saturated heterocycles. The van der Waals surface area contributed by atoms with Crippen LogP contribution in [0.3, 0.4) is 0 Å². The van der Waals surface area contributed by atoms with Gasteiger partial charge in [-0.1, -0.05) is 48.0 Å². The largest absolute Gasteiger partial charge is 0.481 e. The smallest absolute Gasteiger partial charge is 0.307 e. The van der Waals surface area contributed by atoms with Crippen LogP contribution in [-0.2, 0) is 11.3 Å². The molecule has 2 unspecified atom stereocenters. The standard InChI is InChI=1S/C24H27N3O2/c1-17-8-11-19(12-9-17)23-21(16-27(25-23)22-6-4-3-5-7-22)15-26-14-20(24(28)29)13-10-18(26)2/h3-9,11-12,16,18,20H,10,13-15H2,1-2H3,(H,28,29). The van der Waals surface area contributed by atoms with Crippen molar-refractivity contribution in [2.45, 2.75) is 39.3 Å². The maximum absolute atomic E-state index is 11.5. The molecule has 0 spiro atoms. The molecule has 1 aromatic heterocycles. The van der Waals surface area contributed by atoms with E-state index in [2.05, 4.69) is 49.2 Å². The molecule has 5 nitrogen and oxygen atoms in total. The Morgan fingerprint density at radius 2 is 1.83 bits per heavy atom. The molecule has 2 heterocycles. The number of carbonyl (C=O) groups is 1. The summed E-state index contributed by atoms with van der Waals surface area (Å²) in [7, 11) is 0. The van der Waals surface area contributed by atoms with Gasteiger partial charge in [-0.05, 0) is 38.8 Å². The topological polar surface area (TPSA) is 58.4 Å². The number of piperidine rings is 1. The molecule has 29 heavy (non-hydrogen) atoms. The molecule has 4 rings (SSSR count). The van der Waals surface area contributed by atoms with Crippen LogP contribution >= 0.6 is 0 Å². The number of para-hydroxylation sites is 1. The Morgan fingerprint density at radius 1 is 1.10 bits per heavy atom. The number of hydrogen-bond acceptors (Lipinski definition) is 3. The molecule has 1 N–H and O–H groups in total. The highest BCUT2D eigenvalue weighted by atomic mass is 16.4. The van der Waals surface area contributed by atoms with E-state index in [0.29, 0.717) is 19.1 Å². The average Bonchev–Trinajstić information content (AvgIpc) is 3.14. The van der Waals surface area contributed by atoms with E-state index < -0.39 is 5.97 Å². The Labute approximate surface area is 171 Å². The van der Waals surface area contributed by atoms with Crippen molar-refractivity contribution in [2.75, 3.05) is 6.54 Å². The van der Waals surface area contributed by atoms with E-state index in [-0.39, 0.29) is 5.92 Å². The van der Waals surface area contributed by atoms with Crippen molar-refractivity contribution in [1.29, 1.82) is 0 Å². The van der Waals surface area contributed by atoms with Crippen LogP contribution in [0.25, 0.3) is 16.9 Å². The number of carboxylic acid groups (broad SMARTS) is 1. The maximum atomic E-state index is 11.5. The lowest BCUT2D eigenvalue weighted by atomic mass is 9.93. The summed E-state index contributed by atoms with van der Waals surface area (Å²) in [5, 5.41) is 14.4. The number of nitrogens with zero attached hydrogens (tertiary/aromatic N) is 3. The Kier molecular flexibility index (Phi) is 5.49. The average molecular weight is 389 g/mol. The fourth-order valence-corrected chi connectivity index (χ4v) is 4.01. The summed E-state index contributed by atoms with van der Waals surface area (Å²) in [5.74, 6) is -0.987. The van der Waals surface area contributed by atoms with Crippen molar-refractivity contribution in [3.63, 3.8) is 0 Å². The molecule has 0 aliphatic carbocycles. The fourth-order valence-electron chi connectivity index (χ4n) is 4.01. The molecule has 0 saturated carbocycles. The second kappa shape index (κ2) is 8.21. The lowest BCUT2D eigenvalue weighted by molar-refractivity contribution is -0.144. The van der Waals surface area contributed by atoms with Crippen LogP contribution in [-0.4, -0.2) is 38.3 Å². The minimum absolute atomic E-state index is 0.293. The normalized spacial score (nSPS) is 19.9. The molecule has 5 heteroatoms. The molecule has 2 aromatic carbocycles. The second-order valence-corrected chi connectivity index (χ2v) is 8.04. The molecule has 2 atom stereocenters. The van der Waals surface area contributed by atoms with Gasteiger partial charge in [0.15, 0.2) is 0 Å². The van der Waals surface area contributed by atoms with Gasteiger partial charge in [0.2, 0.25) is 0 Å². The van der Waals surface area contributed by atoms with Crippen LogP contribution in [0.5, 0.6) is 0 Å². The van der Waals surface area contributed by atoms with Gasteiger partial charge in [-0.3, -0.25) is 9.69 Å². The molecule has 0 bridgehead atoms. The van der Waals surface area contributed by atoms with Crippen LogP contribution in [0.4, 0.5) is 0 Å². The van der Waals surface area contributed by atoms with E-state index in [1.54, 1.807) is 0 Å². The third kappa shape index (κ3) is 4.25. The monoisotopic (exact) mass is 389 g/mol. The quantitative estimate of drug-likeness (QED) is 0.696. The summed E-state index contributed by atoms with van der Waals surface area (Å²) in [6.07, 6.45) is 3.74. The van der Waals surface area contributed by atoms with E-state index in [0.717, 1.165) is 35.3 Å². The second-order valence-electron chi connectivity index (χ2n) is 8.04. The Balaban J connectivity index is 1.70. The van der Waals surface area contributed by atoms with E-state index >= 15 is 0 Å². The zero-order chi connectivity index (χ0) is 20.4. The number of hydrogen-bond donors (Lipinski definition) is 1. The molecule has 150 valence electrons. The van der Waals surface area contributed by atoms with Crippen molar-refractivity contribution in [3.05, 3.63) is 71.9 Å². The van der Waals surface area contributed by atoms with Gasteiger partial charge in [0.1, 0.15) is 0 Å². The Bertz CT molecular complexity index is 979. The van der Waals surface area contributed by atoms with E-state index in [9.17, 15) is 9.90 Å². The SMILES string of the molecule is Cc1ccc(-c2nn(-c3ccccc3)cc2CN2CC(C(=O)O)CCC2C)cc1. The van der Waals surface area contributed by atoms with Crippen molar-refractivity contribution in [1.82, 2.24) is 14.7 Å². The number of aryl methyl sites for hydroxylation is 1. The first-order valence-corrected chi connectivity index (χ1v) is 10.2. The van der Waals surface area contributed by atoms with Gasteiger partial charge in [-0.25, -0.2) is 4.68 Å². The van der Waals surface area contributed by atoms with E-state index in [4.69, 9.17) is 5.10 Å². The minimum atomic E-state index is -0.694. The first-order valence-electron chi connectivity index (χ1n) is 10.2. The van der Waals surface area contributed by atoms with Crippen LogP contribution < -0.4 is 0 Å². The van der Waals surface area contributed by atoms with Crippen molar-refractivity contribution in [3.8, 4) is 16.9 Å². The summed E-state index contributed by atoms with van der Waals surface area (Å²) < 4.78 is 1.92. The van der Waals surface area contributed by atoms with Crippen LogP contribution in [0, 0.1) is 12.8 Å². The Hall–Kier alpha value is -2.92. The third-order valence-corrected chi connectivity index (χ3v) is 5.87. The molecule has 1 fully saturated rings. The van der Waals surface area contributed by atoms with E-state index in [1.807, 2.05) is 35.0 Å². The third-order valence-electron chi connectivity index (χ3n) is 5.87. The van der Waals surface area contributed by atoms with Crippen LogP contribution in [0.2, 0.25) is 0 Å². The van der Waals surface area contributed by atoms with Crippen LogP contribution in [0.1, 0.15) is 30.9 Å². The van der Waals surface area contributed by atoms with Crippen LogP contribution in [0.15, 0.2) is 60.8 Å². The van der Waals surface area contributed by atoms with E-state index in [1.165, 1.54) is 5.56 Å². The lowest BCUT2D eigenvalue weighted by Gasteiger charge is -2.36. The van der Waals surface area contributed by atoms with Gasteiger partial charge in [0.25, 0.3) is 0 Å². The maximum Gasteiger partial charge on any atom is 0.307 e. The number of benzene rings is 2. The first-order chi connectivity index (χ1) is 14.0. The first kappa shape index (κ1) is 19.4. The van der Waals surface area contributed by atoms with Crippen molar-refractivity contribution < 1.29 is 9.90 Å². The van der Waals surface area contributed by atoms with Gasteiger partial charge >= 0.3 is 5.97 Å².